The van der Waals surface area contributed by atoms with E-state index in [9.17, 15) is 0 Å². The SMILES string of the molecule is CC[C@]1(COC)CCC2C(CCC3C2CCC2(C)C(C(C)C)CCC32)C1. The standard InChI is InChI=1S/C25H44O/c1-6-25(16-26-5)14-12-19-18(15-25)7-8-21-20(19)11-13-24(4)22(17(2)3)9-10-23(21)24/h17-23H,6-16H2,1-5H3/t18?,19?,20?,21?,22?,23?,24?,25-/m0/s1. The van der Waals surface area contributed by atoms with Crippen molar-refractivity contribution in [2.24, 2.45) is 52.3 Å². The van der Waals surface area contributed by atoms with E-state index in [0.29, 0.717) is 10.8 Å². The summed E-state index contributed by atoms with van der Waals surface area (Å²) >= 11 is 0. The molecule has 0 N–H and O–H groups in total. The van der Waals surface area contributed by atoms with E-state index in [4.69, 9.17) is 4.74 Å². The fourth-order valence-electron chi connectivity index (χ4n) is 9.06. The largest absolute Gasteiger partial charge is 0.384 e. The maximum Gasteiger partial charge on any atom is 0.0518 e. The molecule has 4 rings (SSSR count). The number of fused-ring (bicyclic) bond motifs is 5. The summed E-state index contributed by atoms with van der Waals surface area (Å²) in [6.45, 7) is 11.1. The van der Waals surface area contributed by atoms with Crippen molar-refractivity contribution in [3.05, 3.63) is 0 Å². The van der Waals surface area contributed by atoms with Gasteiger partial charge in [0.1, 0.15) is 0 Å². The number of rotatable bonds is 4. The van der Waals surface area contributed by atoms with Crippen LogP contribution in [0.4, 0.5) is 0 Å². The Morgan fingerprint density at radius 2 is 1.69 bits per heavy atom. The van der Waals surface area contributed by atoms with Crippen molar-refractivity contribution in [1.29, 1.82) is 0 Å². The molecule has 0 amide bonds. The number of methoxy groups -OCH3 is 1. The smallest absolute Gasteiger partial charge is 0.0518 e. The van der Waals surface area contributed by atoms with Gasteiger partial charge >= 0.3 is 0 Å². The first kappa shape index (κ1) is 19.3. The summed E-state index contributed by atoms with van der Waals surface area (Å²) in [4.78, 5) is 0. The van der Waals surface area contributed by atoms with E-state index in [0.717, 1.165) is 48.0 Å². The molecule has 26 heavy (non-hydrogen) atoms. The molecule has 4 fully saturated rings. The van der Waals surface area contributed by atoms with E-state index in [1.54, 1.807) is 19.3 Å². The first-order valence-electron chi connectivity index (χ1n) is 11.9. The first-order chi connectivity index (χ1) is 12.4. The van der Waals surface area contributed by atoms with Gasteiger partial charge in [-0.2, -0.15) is 0 Å². The molecule has 8 atom stereocenters. The van der Waals surface area contributed by atoms with Crippen LogP contribution in [0.1, 0.15) is 91.9 Å². The minimum absolute atomic E-state index is 0.502. The summed E-state index contributed by atoms with van der Waals surface area (Å²) in [6.07, 6.45) is 14.9. The summed E-state index contributed by atoms with van der Waals surface area (Å²) in [6, 6.07) is 0. The third-order valence-electron chi connectivity index (χ3n) is 10.3. The van der Waals surface area contributed by atoms with Crippen LogP contribution >= 0.6 is 0 Å². The molecule has 4 aliphatic carbocycles. The van der Waals surface area contributed by atoms with Gasteiger partial charge in [-0.05, 0) is 116 Å². The molecule has 0 aromatic heterocycles. The molecule has 4 aliphatic rings. The Balaban J connectivity index is 1.50. The van der Waals surface area contributed by atoms with Gasteiger partial charge in [-0.25, -0.2) is 0 Å². The highest BCUT2D eigenvalue weighted by Gasteiger charge is 2.57. The lowest BCUT2D eigenvalue weighted by Crippen LogP contribution is -2.50. The molecule has 0 aromatic carbocycles. The van der Waals surface area contributed by atoms with E-state index in [2.05, 4.69) is 27.7 Å². The maximum absolute atomic E-state index is 5.67. The second-order valence-electron chi connectivity index (χ2n) is 11.4. The fraction of sp³-hybridized carbons (Fsp3) is 1.00. The van der Waals surface area contributed by atoms with Crippen molar-refractivity contribution in [1.82, 2.24) is 0 Å². The molecule has 1 nitrogen and oxygen atoms in total. The summed E-state index contributed by atoms with van der Waals surface area (Å²) in [5, 5.41) is 0. The van der Waals surface area contributed by atoms with Crippen molar-refractivity contribution in [2.75, 3.05) is 13.7 Å². The molecule has 0 heterocycles. The lowest BCUT2D eigenvalue weighted by Gasteiger charge is -2.58. The lowest BCUT2D eigenvalue weighted by atomic mass is 9.47. The highest BCUT2D eigenvalue weighted by molar-refractivity contribution is 5.07. The quantitative estimate of drug-likeness (QED) is 0.527. The van der Waals surface area contributed by atoms with Gasteiger partial charge in [0.05, 0.1) is 6.61 Å². The first-order valence-corrected chi connectivity index (χ1v) is 11.9. The Morgan fingerprint density at radius 3 is 2.38 bits per heavy atom. The van der Waals surface area contributed by atoms with Crippen LogP contribution in [0.2, 0.25) is 0 Å². The third-order valence-corrected chi connectivity index (χ3v) is 10.3. The van der Waals surface area contributed by atoms with Gasteiger partial charge in [0.15, 0.2) is 0 Å². The average Bonchev–Trinajstić information content (AvgIpc) is 2.99. The Labute approximate surface area is 163 Å². The van der Waals surface area contributed by atoms with E-state index in [1.807, 2.05) is 7.11 Å². The molecule has 0 saturated heterocycles. The molecule has 0 bridgehead atoms. The molecular formula is C25H44O. The molecule has 0 aliphatic heterocycles. The lowest BCUT2D eigenvalue weighted by molar-refractivity contribution is -0.0934. The molecule has 0 aromatic rings. The highest BCUT2D eigenvalue weighted by atomic mass is 16.5. The predicted octanol–water partition coefficient (Wildman–Crippen LogP) is 6.95. The monoisotopic (exact) mass is 360 g/mol. The molecule has 1 heteroatoms. The minimum atomic E-state index is 0.502. The number of hydrogen-bond donors (Lipinski definition) is 0. The Morgan fingerprint density at radius 1 is 0.923 bits per heavy atom. The second kappa shape index (κ2) is 7.09. The van der Waals surface area contributed by atoms with Crippen LogP contribution in [0.3, 0.4) is 0 Å². The van der Waals surface area contributed by atoms with Crippen LogP contribution in [0, 0.1) is 52.3 Å². The van der Waals surface area contributed by atoms with Gasteiger partial charge in [-0.15, -0.1) is 0 Å². The van der Waals surface area contributed by atoms with E-state index in [-0.39, 0.29) is 0 Å². The molecule has 0 radical (unpaired) electrons. The van der Waals surface area contributed by atoms with Gasteiger partial charge in [-0.3, -0.25) is 0 Å². The Bertz CT molecular complexity index is 498. The fourth-order valence-corrected chi connectivity index (χ4v) is 9.06. The van der Waals surface area contributed by atoms with Crippen LogP contribution in [-0.4, -0.2) is 13.7 Å². The van der Waals surface area contributed by atoms with Crippen LogP contribution < -0.4 is 0 Å². The molecule has 4 saturated carbocycles. The zero-order valence-corrected chi connectivity index (χ0v) is 18.2. The normalized spacial score (nSPS) is 51.0. The van der Waals surface area contributed by atoms with Gasteiger partial charge in [0, 0.05) is 7.11 Å². The maximum atomic E-state index is 5.67. The Hall–Kier alpha value is -0.0400. The van der Waals surface area contributed by atoms with Crippen molar-refractivity contribution >= 4 is 0 Å². The minimum Gasteiger partial charge on any atom is -0.384 e. The number of ether oxygens (including phenoxy) is 1. The van der Waals surface area contributed by atoms with Gasteiger partial charge in [0.2, 0.25) is 0 Å². The topological polar surface area (TPSA) is 9.23 Å². The zero-order chi connectivity index (χ0) is 18.5. The van der Waals surface area contributed by atoms with E-state index < -0.39 is 0 Å². The predicted molar refractivity (Wildman–Crippen MR) is 110 cm³/mol. The summed E-state index contributed by atoms with van der Waals surface area (Å²) in [7, 11) is 1.91. The molecule has 150 valence electrons. The summed E-state index contributed by atoms with van der Waals surface area (Å²) in [5.41, 5.74) is 1.17. The summed E-state index contributed by atoms with van der Waals surface area (Å²) in [5.74, 6) is 7.11. The van der Waals surface area contributed by atoms with Crippen molar-refractivity contribution < 1.29 is 4.74 Å². The average molecular weight is 361 g/mol. The second-order valence-corrected chi connectivity index (χ2v) is 11.4. The summed E-state index contributed by atoms with van der Waals surface area (Å²) < 4.78 is 5.67. The van der Waals surface area contributed by atoms with Crippen LogP contribution in [0.15, 0.2) is 0 Å². The van der Waals surface area contributed by atoms with E-state index in [1.165, 1.54) is 44.9 Å². The molecule has 7 unspecified atom stereocenters. The van der Waals surface area contributed by atoms with Gasteiger partial charge in [-0.1, -0.05) is 27.7 Å². The van der Waals surface area contributed by atoms with E-state index >= 15 is 0 Å². The van der Waals surface area contributed by atoms with Crippen molar-refractivity contribution in [3.63, 3.8) is 0 Å². The van der Waals surface area contributed by atoms with Crippen LogP contribution in [0.5, 0.6) is 0 Å². The molecule has 0 spiro atoms. The highest BCUT2D eigenvalue weighted by Crippen LogP contribution is 2.66. The van der Waals surface area contributed by atoms with Crippen molar-refractivity contribution in [3.8, 4) is 0 Å². The Kier molecular flexibility index (Phi) is 5.26. The number of hydrogen-bond acceptors (Lipinski definition) is 1. The molecular weight excluding hydrogens is 316 g/mol. The van der Waals surface area contributed by atoms with Crippen LogP contribution in [0.25, 0.3) is 0 Å². The van der Waals surface area contributed by atoms with Crippen molar-refractivity contribution in [2.45, 2.75) is 91.9 Å². The van der Waals surface area contributed by atoms with Crippen LogP contribution in [-0.2, 0) is 4.74 Å². The van der Waals surface area contributed by atoms with Gasteiger partial charge < -0.3 is 4.74 Å². The zero-order valence-electron chi connectivity index (χ0n) is 18.2. The van der Waals surface area contributed by atoms with Gasteiger partial charge in [0.25, 0.3) is 0 Å². The third kappa shape index (κ3) is 2.90.